The summed E-state index contributed by atoms with van der Waals surface area (Å²) in [5, 5.41) is 0. The van der Waals surface area contributed by atoms with E-state index in [9.17, 15) is 4.39 Å². The Morgan fingerprint density at radius 2 is 1.81 bits per heavy atom. The molecule has 2 aromatic carbocycles. The second kappa shape index (κ2) is 7.04. The summed E-state index contributed by atoms with van der Waals surface area (Å²) in [6.45, 7) is 7.29. The van der Waals surface area contributed by atoms with Crippen LogP contribution in [0, 0.1) is 11.7 Å². The van der Waals surface area contributed by atoms with Gasteiger partial charge in [0, 0.05) is 6.54 Å². The number of piperidine rings is 1. The predicted molar refractivity (Wildman–Crippen MR) is 104 cm³/mol. The molecule has 1 fully saturated rings. The van der Waals surface area contributed by atoms with E-state index in [-0.39, 0.29) is 5.82 Å². The minimum Gasteiger partial charge on any atom is -0.320 e. The van der Waals surface area contributed by atoms with Crippen molar-refractivity contribution in [2.75, 3.05) is 20.1 Å². The minimum atomic E-state index is -0.208. The topological polar surface area (TPSA) is 21.1 Å². The molecule has 0 unspecified atom stereocenters. The third kappa shape index (κ3) is 3.29. The summed E-state index contributed by atoms with van der Waals surface area (Å²) in [6, 6.07) is 14.9. The number of allylic oxidation sites excluding steroid dienone is 1. The number of fused-ring (bicyclic) bond motifs is 1. The van der Waals surface area contributed by atoms with E-state index in [1.807, 2.05) is 30.3 Å². The fourth-order valence-corrected chi connectivity index (χ4v) is 3.79. The van der Waals surface area contributed by atoms with Crippen molar-refractivity contribution in [2.24, 2.45) is 5.92 Å². The lowest BCUT2D eigenvalue weighted by Gasteiger charge is -2.30. The molecule has 26 heavy (non-hydrogen) atoms. The first-order chi connectivity index (χ1) is 12.6. The lowest BCUT2D eigenvalue weighted by atomic mass is 9.89. The molecule has 1 aliphatic rings. The van der Waals surface area contributed by atoms with E-state index in [0.717, 1.165) is 53.9 Å². The molecular formula is C22H24FN3. The van der Waals surface area contributed by atoms with Gasteiger partial charge in [-0.3, -0.25) is 0 Å². The van der Waals surface area contributed by atoms with Crippen LogP contribution in [-0.4, -0.2) is 34.6 Å². The highest BCUT2D eigenvalue weighted by atomic mass is 19.1. The van der Waals surface area contributed by atoms with Crippen molar-refractivity contribution in [1.82, 2.24) is 14.5 Å². The largest absolute Gasteiger partial charge is 0.320 e. The minimum absolute atomic E-state index is 0.208. The normalized spacial score (nSPS) is 16.2. The summed E-state index contributed by atoms with van der Waals surface area (Å²) in [4.78, 5) is 7.26. The van der Waals surface area contributed by atoms with Crippen LogP contribution in [0.2, 0.25) is 0 Å². The van der Waals surface area contributed by atoms with Gasteiger partial charge in [-0.15, -0.1) is 0 Å². The number of imidazole rings is 1. The molecule has 0 amide bonds. The lowest BCUT2D eigenvalue weighted by Crippen LogP contribution is -2.30. The fraction of sp³-hybridized carbons (Fsp3) is 0.318. The Morgan fingerprint density at radius 3 is 2.54 bits per heavy atom. The van der Waals surface area contributed by atoms with E-state index < -0.39 is 0 Å². The van der Waals surface area contributed by atoms with Crippen LogP contribution in [0.25, 0.3) is 16.6 Å². The van der Waals surface area contributed by atoms with Crippen LogP contribution in [0.5, 0.6) is 0 Å². The van der Waals surface area contributed by atoms with Gasteiger partial charge in [0.15, 0.2) is 0 Å². The van der Waals surface area contributed by atoms with Crippen LogP contribution in [0.4, 0.5) is 4.39 Å². The quantitative estimate of drug-likeness (QED) is 0.687. The average molecular weight is 349 g/mol. The molecule has 0 bridgehead atoms. The van der Waals surface area contributed by atoms with Gasteiger partial charge in [-0.2, -0.15) is 0 Å². The zero-order chi connectivity index (χ0) is 18.1. The van der Waals surface area contributed by atoms with Crippen molar-refractivity contribution < 1.29 is 4.39 Å². The second-order valence-corrected chi connectivity index (χ2v) is 7.24. The fourth-order valence-electron chi connectivity index (χ4n) is 3.79. The first kappa shape index (κ1) is 17.0. The number of rotatable bonds is 4. The summed E-state index contributed by atoms with van der Waals surface area (Å²) >= 11 is 0. The van der Waals surface area contributed by atoms with Gasteiger partial charge in [0.25, 0.3) is 0 Å². The Hall–Kier alpha value is -2.46. The molecule has 1 saturated heterocycles. The Bertz CT molecular complexity index is 918. The maximum Gasteiger partial charge on any atom is 0.137 e. The van der Waals surface area contributed by atoms with Crippen molar-refractivity contribution >= 4 is 16.6 Å². The van der Waals surface area contributed by atoms with Crippen molar-refractivity contribution in [2.45, 2.75) is 19.4 Å². The molecule has 0 saturated carbocycles. The highest BCUT2D eigenvalue weighted by molar-refractivity contribution is 5.80. The first-order valence-corrected chi connectivity index (χ1v) is 9.19. The third-order valence-corrected chi connectivity index (χ3v) is 5.41. The van der Waals surface area contributed by atoms with E-state index in [1.165, 1.54) is 12.1 Å². The molecule has 0 aliphatic carbocycles. The van der Waals surface area contributed by atoms with E-state index in [0.29, 0.717) is 12.5 Å². The molecular weight excluding hydrogens is 325 g/mol. The Kier molecular flexibility index (Phi) is 4.60. The maximum absolute atomic E-state index is 13.3. The van der Waals surface area contributed by atoms with Gasteiger partial charge >= 0.3 is 0 Å². The van der Waals surface area contributed by atoms with E-state index in [4.69, 9.17) is 4.98 Å². The first-order valence-electron chi connectivity index (χ1n) is 9.19. The van der Waals surface area contributed by atoms with E-state index in [2.05, 4.69) is 29.2 Å². The number of hydrogen-bond donors (Lipinski definition) is 0. The van der Waals surface area contributed by atoms with Crippen LogP contribution >= 0.6 is 0 Å². The van der Waals surface area contributed by atoms with Gasteiger partial charge < -0.3 is 9.47 Å². The molecule has 3 aromatic rings. The molecule has 0 atom stereocenters. The molecule has 1 aliphatic heterocycles. The standard InChI is InChI=1S/C22H24FN3/c1-16(18-11-13-25(2)14-12-18)22-24-20-5-3-4-6-21(20)26(22)15-17-7-9-19(23)10-8-17/h3-10,18H,1,11-15H2,2H3. The summed E-state index contributed by atoms with van der Waals surface area (Å²) in [7, 11) is 2.17. The summed E-state index contributed by atoms with van der Waals surface area (Å²) in [6.07, 6.45) is 2.24. The van der Waals surface area contributed by atoms with Gasteiger partial charge in [0.05, 0.1) is 11.0 Å². The molecule has 1 aromatic heterocycles. The second-order valence-electron chi connectivity index (χ2n) is 7.24. The molecule has 2 heterocycles. The summed E-state index contributed by atoms with van der Waals surface area (Å²) in [5.74, 6) is 1.22. The lowest BCUT2D eigenvalue weighted by molar-refractivity contribution is 0.248. The maximum atomic E-state index is 13.3. The molecule has 134 valence electrons. The smallest absolute Gasteiger partial charge is 0.137 e. The zero-order valence-electron chi connectivity index (χ0n) is 15.2. The molecule has 3 nitrogen and oxygen atoms in total. The SMILES string of the molecule is C=C(c1nc2ccccc2n1Cc1ccc(F)cc1)C1CCN(C)CC1. The van der Waals surface area contributed by atoms with Gasteiger partial charge in [-0.1, -0.05) is 30.8 Å². The van der Waals surface area contributed by atoms with Crippen LogP contribution in [-0.2, 0) is 6.54 Å². The molecule has 4 rings (SSSR count). The van der Waals surface area contributed by atoms with E-state index >= 15 is 0 Å². The predicted octanol–water partition coefficient (Wildman–Crippen LogP) is 4.58. The van der Waals surface area contributed by atoms with Gasteiger partial charge in [0.1, 0.15) is 11.6 Å². The van der Waals surface area contributed by atoms with Crippen LogP contribution in [0.1, 0.15) is 24.2 Å². The number of hydrogen-bond acceptors (Lipinski definition) is 2. The highest BCUT2D eigenvalue weighted by Gasteiger charge is 2.24. The number of halogens is 1. The van der Waals surface area contributed by atoms with Gasteiger partial charge in [0.2, 0.25) is 0 Å². The number of benzene rings is 2. The molecule has 0 radical (unpaired) electrons. The number of aromatic nitrogens is 2. The van der Waals surface area contributed by atoms with Gasteiger partial charge in [-0.25, -0.2) is 9.37 Å². The van der Waals surface area contributed by atoms with Crippen LogP contribution in [0.15, 0.2) is 55.1 Å². The summed E-state index contributed by atoms with van der Waals surface area (Å²) in [5.41, 5.74) is 4.27. The van der Waals surface area contributed by atoms with Crippen LogP contribution in [0.3, 0.4) is 0 Å². The number of nitrogens with zero attached hydrogens (tertiary/aromatic N) is 3. The molecule has 4 heteroatoms. The highest BCUT2D eigenvalue weighted by Crippen LogP contribution is 2.32. The number of para-hydroxylation sites is 2. The van der Waals surface area contributed by atoms with Crippen molar-refractivity contribution in [3.8, 4) is 0 Å². The zero-order valence-corrected chi connectivity index (χ0v) is 15.2. The average Bonchev–Trinajstić information content (AvgIpc) is 3.02. The van der Waals surface area contributed by atoms with Crippen molar-refractivity contribution in [1.29, 1.82) is 0 Å². The Balaban J connectivity index is 1.71. The van der Waals surface area contributed by atoms with Crippen molar-refractivity contribution in [3.63, 3.8) is 0 Å². The van der Waals surface area contributed by atoms with Crippen LogP contribution < -0.4 is 0 Å². The Morgan fingerprint density at radius 1 is 1.12 bits per heavy atom. The Labute approximate surface area is 153 Å². The molecule has 0 spiro atoms. The number of likely N-dealkylation sites (tertiary alicyclic amines) is 1. The van der Waals surface area contributed by atoms with E-state index in [1.54, 1.807) is 0 Å². The molecule has 0 N–H and O–H groups in total. The third-order valence-electron chi connectivity index (χ3n) is 5.41. The monoisotopic (exact) mass is 349 g/mol. The van der Waals surface area contributed by atoms with Gasteiger partial charge in [-0.05, 0) is 74.3 Å². The summed E-state index contributed by atoms with van der Waals surface area (Å²) < 4.78 is 15.5. The van der Waals surface area contributed by atoms with Crippen molar-refractivity contribution in [3.05, 3.63) is 72.3 Å².